The molecule has 0 aliphatic carbocycles. The molecule has 0 unspecified atom stereocenters. The molecule has 0 aliphatic heterocycles. The van der Waals surface area contributed by atoms with Gasteiger partial charge < -0.3 is 5.32 Å². The van der Waals surface area contributed by atoms with Crippen LogP contribution in [0.4, 0.5) is 5.69 Å². The number of carbonyl (C=O) groups is 1. The Bertz CT molecular complexity index is 568. The zero-order valence-electron chi connectivity index (χ0n) is 8.83. The summed E-state index contributed by atoms with van der Waals surface area (Å²) in [6, 6.07) is 5.42. The van der Waals surface area contributed by atoms with Crippen molar-refractivity contribution in [2.24, 2.45) is 0 Å². The maximum Gasteiger partial charge on any atom is 0.256 e. The van der Waals surface area contributed by atoms with Crippen molar-refractivity contribution in [1.82, 2.24) is 4.98 Å². The van der Waals surface area contributed by atoms with Gasteiger partial charge in [0.1, 0.15) is 4.60 Å². The molecular weight excluding hydrogens is 368 g/mol. The monoisotopic (exact) mass is 374 g/mol. The minimum Gasteiger partial charge on any atom is -0.320 e. The van der Waals surface area contributed by atoms with Crippen LogP contribution in [-0.4, -0.2) is 10.9 Å². The van der Waals surface area contributed by atoms with Crippen LogP contribution in [0.5, 0.6) is 0 Å². The third kappa shape index (κ3) is 3.14. The topological polar surface area (TPSA) is 42.0 Å². The number of halogens is 2. The smallest absolute Gasteiger partial charge is 0.256 e. The molecule has 2 heterocycles. The van der Waals surface area contributed by atoms with Gasteiger partial charge in [0.05, 0.1) is 20.7 Å². The number of nitrogens with zero attached hydrogens (tertiary/aromatic N) is 1. The molecule has 0 aliphatic rings. The maximum absolute atomic E-state index is 11.9. The van der Waals surface area contributed by atoms with Crippen LogP contribution < -0.4 is 5.32 Å². The van der Waals surface area contributed by atoms with Crippen LogP contribution in [0.1, 0.15) is 16.1 Å². The predicted octanol–water partition coefficient (Wildman–Crippen LogP) is 4.23. The molecular formula is C11H8Br2N2OS. The molecule has 0 radical (unpaired) electrons. The number of pyridine rings is 1. The molecule has 2 aromatic heterocycles. The van der Waals surface area contributed by atoms with Crippen LogP contribution in [0.25, 0.3) is 0 Å². The Morgan fingerprint density at radius 2 is 2.18 bits per heavy atom. The van der Waals surface area contributed by atoms with Crippen LogP contribution in [-0.2, 0) is 0 Å². The van der Waals surface area contributed by atoms with Gasteiger partial charge in [-0.05, 0) is 57.0 Å². The number of aromatic nitrogens is 1. The van der Waals surface area contributed by atoms with Crippen LogP contribution in [0.3, 0.4) is 0 Å². The average Bonchev–Trinajstić information content (AvgIpc) is 2.69. The van der Waals surface area contributed by atoms with E-state index in [4.69, 9.17) is 0 Å². The third-order valence-corrected chi connectivity index (χ3v) is 4.08. The van der Waals surface area contributed by atoms with Gasteiger partial charge in [0.15, 0.2) is 0 Å². The molecule has 0 fully saturated rings. The number of rotatable bonds is 2. The van der Waals surface area contributed by atoms with Crippen molar-refractivity contribution >= 4 is 54.8 Å². The van der Waals surface area contributed by atoms with Crippen LogP contribution >= 0.6 is 43.2 Å². The highest BCUT2D eigenvalue weighted by Crippen LogP contribution is 2.22. The van der Waals surface area contributed by atoms with Crippen molar-refractivity contribution in [2.75, 3.05) is 5.32 Å². The molecule has 1 N–H and O–H groups in total. The number of amides is 1. The number of anilines is 1. The molecule has 1 amide bonds. The molecule has 2 rings (SSSR count). The average molecular weight is 376 g/mol. The van der Waals surface area contributed by atoms with Gasteiger partial charge in [0, 0.05) is 5.38 Å². The van der Waals surface area contributed by atoms with E-state index in [2.05, 4.69) is 42.2 Å². The first-order chi connectivity index (χ1) is 8.06. The van der Waals surface area contributed by atoms with E-state index in [9.17, 15) is 4.79 Å². The highest BCUT2D eigenvalue weighted by molar-refractivity contribution is 9.11. The lowest BCUT2D eigenvalue weighted by atomic mass is 10.2. The summed E-state index contributed by atoms with van der Waals surface area (Å²) in [5, 5.41) is 4.64. The first kappa shape index (κ1) is 12.7. The van der Waals surface area contributed by atoms with E-state index >= 15 is 0 Å². The van der Waals surface area contributed by atoms with Crippen LogP contribution in [0.15, 0.2) is 32.0 Å². The van der Waals surface area contributed by atoms with E-state index in [0.29, 0.717) is 5.56 Å². The number of nitrogens with one attached hydrogen (secondary N) is 1. The Labute approximate surface area is 120 Å². The van der Waals surface area contributed by atoms with Gasteiger partial charge in [-0.2, -0.15) is 0 Å². The Morgan fingerprint density at radius 3 is 2.76 bits per heavy atom. The van der Waals surface area contributed by atoms with Crippen molar-refractivity contribution in [2.45, 2.75) is 6.92 Å². The zero-order chi connectivity index (χ0) is 12.4. The Hall–Kier alpha value is -0.720. The lowest BCUT2D eigenvalue weighted by Gasteiger charge is -2.06. The van der Waals surface area contributed by atoms with Crippen molar-refractivity contribution in [3.05, 3.63) is 43.2 Å². The summed E-state index contributed by atoms with van der Waals surface area (Å²) in [6.07, 6.45) is 0. The minimum atomic E-state index is -0.126. The summed E-state index contributed by atoms with van der Waals surface area (Å²) in [5.74, 6) is -0.126. The molecule has 3 nitrogen and oxygen atoms in total. The van der Waals surface area contributed by atoms with Gasteiger partial charge in [-0.3, -0.25) is 4.79 Å². The second-order valence-corrected chi connectivity index (χ2v) is 6.46. The molecule has 88 valence electrons. The quantitative estimate of drug-likeness (QED) is 0.798. The summed E-state index contributed by atoms with van der Waals surface area (Å²) in [6.45, 7) is 1.85. The van der Waals surface area contributed by atoms with Crippen LogP contribution in [0.2, 0.25) is 0 Å². The molecule has 0 saturated heterocycles. The third-order valence-electron chi connectivity index (χ3n) is 2.13. The second-order valence-electron chi connectivity index (χ2n) is 3.36. The van der Waals surface area contributed by atoms with Crippen molar-refractivity contribution < 1.29 is 4.79 Å². The maximum atomic E-state index is 11.9. The van der Waals surface area contributed by atoms with Gasteiger partial charge in [-0.1, -0.05) is 0 Å². The lowest BCUT2D eigenvalue weighted by Crippen LogP contribution is -2.12. The number of hydrogen-bond donors (Lipinski definition) is 1. The first-order valence-electron chi connectivity index (χ1n) is 4.75. The molecule has 0 spiro atoms. The van der Waals surface area contributed by atoms with Crippen molar-refractivity contribution in [1.29, 1.82) is 0 Å². The molecule has 6 heteroatoms. The van der Waals surface area contributed by atoms with Gasteiger partial charge >= 0.3 is 0 Å². The van der Waals surface area contributed by atoms with E-state index in [0.717, 1.165) is 19.8 Å². The van der Waals surface area contributed by atoms with E-state index in [-0.39, 0.29) is 5.91 Å². The van der Waals surface area contributed by atoms with E-state index < -0.39 is 0 Å². The molecule has 0 saturated carbocycles. The van der Waals surface area contributed by atoms with Gasteiger partial charge in [-0.15, -0.1) is 11.3 Å². The largest absolute Gasteiger partial charge is 0.320 e. The normalized spacial score (nSPS) is 10.3. The summed E-state index contributed by atoms with van der Waals surface area (Å²) in [5.41, 5.74) is 2.15. The van der Waals surface area contributed by atoms with E-state index in [1.165, 1.54) is 11.3 Å². The molecule has 0 aromatic carbocycles. The van der Waals surface area contributed by atoms with Crippen molar-refractivity contribution in [3.63, 3.8) is 0 Å². The first-order valence-corrected chi connectivity index (χ1v) is 7.21. The molecule has 0 bridgehead atoms. The van der Waals surface area contributed by atoms with Crippen molar-refractivity contribution in [3.8, 4) is 0 Å². The molecule has 0 atom stereocenters. The number of hydrogen-bond acceptors (Lipinski definition) is 3. The van der Waals surface area contributed by atoms with E-state index in [1.54, 1.807) is 17.5 Å². The van der Waals surface area contributed by atoms with Gasteiger partial charge in [-0.25, -0.2) is 4.98 Å². The number of thiophene rings is 1. The zero-order valence-corrected chi connectivity index (χ0v) is 12.8. The fourth-order valence-electron chi connectivity index (χ4n) is 1.29. The Kier molecular flexibility index (Phi) is 3.96. The summed E-state index contributed by atoms with van der Waals surface area (Å²) >= 11 is 8.09. The fraction of sp³-hybridized carbons (Fsp3) is 0.0909. The second kappa shape index (κ2) is 5.29. The van der Waals surface area contributed by atoms with Crippen LogP contribution in [0, 0.1) is 6.92 Å². The highest BCUT2D eigenvalue weighted by atomic mass is 79.9. The Morgan fingerprint density at radius 1 is 1.41 bits per heavy atom. The summed E-state index contributed by atoms with van der Waals surface area (Å²) in [7, 11) is 0. The van der Waals surface area contributed by atoms with E-state index in [1.807, 2.05) is 13.0 Å². The number of carbonyl (C=O) groups excluding carboxylic acids is 1. The van der Waals surface area contributed by atoms with Gasteiger partial charge in [0.25, 0.3) is 5.91 Å². The molecule has 2 aromatic rings. The number of aryl methyl sites for hydroxylation is 1. The Balaban J connectivity index is 2.18. The molecule has 17 heavy (non-hydrogen) atoms. The fourth-order valence-corrected chi connectivity index (χ4v) is 2.82. The standard InChI is InChI=1S/C11H8Br2N2OS/c1-6-8(2-3-9(12)14-6)15-11(16)7-4-10(13)17-5-7/h2-5H,1H3,(H,15,16). The lowest BCUT2D eigenvalue weighted by molar-refractivity contribution is 0.102. The summed E-state index contributed by atoms with van der Waals surface area (Å²) < 4.78 is 1.69. The SMILES string of the molecule is Cc1nc(Br)ccc1NC(=O)c1csc(Br)c1. The minimum absolute atomic E-state index is 0.126. The predicted molar refractivity (Wildman–Crippen MR) is 76.6 cm³/mol. The highest BCUT2D eigenvalue weighted by Gasteiger charge is 2.10. The van der Waals surface area contributed by atoms with Gasteiger partial charge in [0.2, 0.25) is 0 Å². The summed E-state index contributed by atoms with van der Waals surface area (Å²) in [4.78, 5) is 16.1.